The van der Waals surface area contributed by atoms with Crippen LogP contribution in [-0.4, -0.2) is 28.3 Å². The number of carbonyl (C=O) groups excluding carboxylic acids is 2. The lowest BCUT2D eigenvalue weighted by molar-refractivity contribution is -0.114. The fraction of sp³-hybridized carbons (Fsp3) is 0.444. The molecule has 16 heavy (non-hydrogen) atoms. The van der Waals surface area contributed by atoms with E-state index in [4.69, 9.17) is 4.74 Å². The molecule has 0 bridgehead atoms. The highest BCUT2D eigenvalue weighted by atomic mass is 79.9. The Bertz CT molecular complexity index is 428. The fourth-order valence-electron chi connectivity index (χ4n) is 1.14. The molecule has 88 valence electrons. The summed E-state index contributed by atoms with van der Waals surface area (Å²) in [7, 11) is 1.65. The van der Waals surface area contributed by atoms with E-state index in [1.54, 1.807) is 14.0 Å². The van der Waals surface area contributed by atoms with Crippen molar-refractivity contribution in [2.24, 2.45) is 7.05 Å². The number of anilines is 1. The first kappa shape index (κ1) is 12.7. The number of hydrogen-bond acceptors (Lipinski definition) is 4. The molecule has 0 aliphatic rings. The molecule has 1 rings (SSSR count). The molecular formula is C9H12BrN3O3. The van der Waals surface area contributed by atoms with Gasteiger partial charge in [-0.05, 0) is 22.9 Å². The van der Waals surface area contributed by atoms with Crippen molar-refractivity contribution in [3.8, 4) is 0 Å². The lowest BCUT2D eigenvalue weighted by Crippen LogP contribution is -2.12. The van der Waals surface area contributed by atoms with Gasteiger partial charge in [0.25, 0.3) is 0 Å². The zero-order chi connectivity index (χ0) is 12.3. The van der Waals surface area contributed by atoms with E-state index in [9.17, 15) is 9.59 Å². The third-order valence-electron chi connectivity index (χ3n) is 1.75. The number of rotatable bonds is 3. The van der Waals surface area contributed by atoms with Crippen molar-refractivity contribution in [1.29, 1.82) is 0 Å². The number of aromatic nitrogens is 2. The number of ether oxygens (including phenoxy) is 1. The van der Waals surface area contributed by atoms with Gasteiger partial charge in [0.05, 0.1) is 6.61 Å². The highest BCUT2D eigenvalue weighted by molar-refractivity contribution is 9.10. The van der Waals surface area contributed by atoms with Gasteiger partial charge in [0.1, 0.15) is 10.2 Å². The standard InChI is InChI=1S/C9H12BrN3O3/c1-4-16-9(15)6-7(10)13(3)12-8(6)11-5(2)14/h4H2,1-3H3,(H,11,12,14). The summed E-state index contributed by atoms with van der Waals surface area (Å²) < 4.78 is 6.78. The van der Waals surface area contributed by atoms with E-state index in [0.717, 1.165) is 0 Å². The molecule has 0 atom stereocenters. The maximum atomic E-state index is 11.6. The first-order valence-corrected chi connectivity index (χ1v) is 5.43. The first-order chi connectivity index (χ1) is 7.47. The molecule has 1 amide bonds. The lowest BCUT2D eigenvalue weighted by Gasteiger charge is -2.02. The van der Waals surface area contributed by atoms with Crippen molar-refractivity contribution in [2.45, 2.75) is 13.8 Å². The zero-order valence-electron chi connectivity index (χ0n) is 9.20. The number of aryl methyl sites for hydroxylation is 1. The van der Waals surface area contributed by atoms with Crippen molar-refractivity contribution < 1.29 is 14.3 Å². The maximum absolute atomic E-state index is 11.6. The van der Waals surface area contributed by atoms with Crippen LogP contribution in [0.5, 0.6) is 0 Å². The van der Waals surface area contributed by atoms with Gasteiger partial charge >= 0.3 is 5.97 Å². The summed E-state index contributed by atoms with van der Waals surface area (Å²) in [5.41, 5.74) is 0.222. The van der Waals surface area contributed by atoms with Crippen molar-refractivity contribution >= 4 is 33.6 Å². The smallest absolute Gasteiger partial charge is 0.344 e. The second kappa shape index (κ2) is 5.11. The van der Waals surface area contributed by atoms with Gasteiger partial charge in [-0.15, -0.1) is 0 Å². The fourth-order valence-corrected chi connectivity index (χ4v) is 1.57. The molecule has 0 unspecified atom stereocenters. The molecule has 0 fully saturated rings. The minimum absolute atomic E-state index is 0.195. The largest absolute Gasteiger partial charge is 0.462 e. The summed E-state index contributed by atoms with van der Waals surface area (Å²) in [5.74, 6) is -0.623. The monoisotopic (exact) mass is 289 g/mol. The first-order valence-electron chi connectivity index (χ1n) is 4.64. The molecule has 0 aromatic carbocycles. The molecule has 0 aliphatic heterocycles. The molecular weight excluding hydrogens is 278 g/mol. The summed E-state index contributed by atoms with van der Waals surface area (Å²) in [6, 6.07) is 0. The second-order valence-electron chi connectivity index (χ2n) is 3.04. The molecule has 1 N–H and O–H groups in total. The highest BCUT2D eigenvalue weighted by Crippen LogP contribution is 2.24. The molecule has 7 heteroatoms. The highest BCUT2D eigenvalue weighted by Gasteiger charge is 2.22. The number of esters is 1. The van der Waals surface area contributed by atoms with Crippen molar-refractivity contribution in [1.82, 2.24) is 9.78 Å². The van der Waals surface area contributed by atoms with E-state index < -0.39 is 5.97 Å². The molecule has 0 aliphatic carbocycles. The Morgan fingerprint density at radius 3 is 2.69 bits per heavy atom. The Balaban J connectivity index is 3.13. The molecule has 6 nitrogen and oxygen atoms in total. The number of nitrogens with zero attached hydrogens (tertiary/aromatic N) is 2. The van der Waals surface area contributed by atoms with E-state index in [1.165, 1.54) is 11.6 Å². The van der Waals surface area contributed by atoms with Gasteiger partial charge in [-0.2, -0.15) is 5.10 Å². The Morgan fingerprint density at radius 2 is 2.19 bits per heavy atom. The van der Waals surface area contributed by atoms with Crippen LogP contribution in [0, 0.1) is 0 Å². The van der Waals surface area contributed by atoms with Crippen molar-refractivity contribution in [3.63, 3.8) is 0 Å². The van der Waals surface area contributed by atoms with Gasteiger partial charge in [0, 0.05) is 14.0 Å². The van der Waals surface area contributed by atoms with Crippen LogP contribution in [-0.2, 0) is 16.6 Å². The molecule has 1 aromatic heterocycles. The molecule has 0 radical (unpaired) electrons. The van der Waals surface area contributed by atoms with E-state index >= 15 is 0 Å². The number of hydrogen-bond donors (Lipinski definition) is 1. The lowest BCUT2D eigenvalue weighted by atomic mass is 10.3. The summed E-state index contributed by atoms with van der Waals surface area (Å²) in [6.07, 6.45) is 0. The van der Waals surface area contributed by atoms with Crippen LogP contribution < -0.4 is 5.32 Å². The van der Waals surface area contributed by atoms with E-state index in [-0.39, 0.29) is 23.9 Å². The molecule has 1 heterocycles. The Morgan fingerprint density at radius 1 is 1.56 bits per heavy atom. The minimum atomic E-state index is -0.522. The quantitative estimate of drug-likeness (QED) is 0.852. The van der Waals surface area contributed by atoms with Gasteiger partial charge in [0.15, 0.2) is 5.82 Å². The Hall–Kier alpha value is -1.37. The van der Waals surface area contributed by atoms with Crippen molar-refractivity contribution in [3.05, 3.63) is 10.2 Å². The minimum Gasteiger partial charge on any atom is -0.462 e. The molecule has 1 aromatic rings. The van der Waals surface area contributed by atoms with E-state index in [0.29, 0.717) is 4.60 Å². The van der Waals surface area contributed by atoms with Gasteiger partial charge < -0.3 is 10.1 Å². The van der Waals surface area contributed by atoms with Gasteiger partial charge in [-0.25, -0.2) is 4.79 Å². The van der Waals surface area contributed by atoms with Crippen LogP contribution >= 0.6 is 15.9 Å². The van der Waals surface area contributed by atoms with Gasteiger partial charge in [-0.3, -0.25) is 9.48 Å². The molecule has 0 spiro atoms. The van der Waals surface area contributed by atoms with Gasteiger partial charge in [0.2, 0.25) is 5.91 Å². The third kappa shape index (κ3) is 2.60. The summed E-state index contributed by atoms with van der Waals surface area (Å²) in [4.78, 5) is 22.6. The van der Waals surface area contributed by atoms with Crippen LogP contribution in [0.1, 0.15) is 24.2 Å². The van der Waals surface area contributed by atoms with Crippen LogP contribution in [0.25, 0.3) is 0 Å². The van der Waals surface area contributed by atoms with Crippen LogP contribution in [0.4, 0.5) is 5.82 Å². The van der Waals surface area contributed by atoms with Crippen LogP contribution in [0.15, 0.2) is 4.60 Å². The van der Waals surface area contributed by atoms with Crippen LogP contribution in [0.2, 0.25) is 0 Å². The normalized spacial score (nSPS) is 10.0. The van der Waals surface area contributed by atoms with Gasteiger partial charge in [-0.1, -0.05) is 0 Å². The number of halogens is 1. The third-order valence-corrected chi connectivity index (χ3v) is 2.66. The van der Waals surface area contributed by atoms with Crippen LogP contribution in [0.3, 0.4) is 0 Å². The predicted molar refractivity (Wildman–Crippen MR) is 61.2 cm³/mol. The average molecular weight is 290 g/mol. The number of nitrogens with one attached hydrogen (secondary N) is 1. The summed E-state index contributed by atoms with van der Waals surface area (Å²) in [5, 5.41) is 6.46. The van der Waals surface area contributed by atoms with Crippen molar-refractivity contribution in [2.75, 3.05) is 11.9 Å². The number of amides is 1. The average Bonchev–Trinajstić information content (AvgIpc) is 2.41. The second-order valence-corrected chi connectivity index (χ2v) is 3.79. The SMILES string of the molecule is CCOC(=O)c1c(NC(C)=O)nn(C)c1Br. The van der Waals surface area contributed by atoms with E-state index in [1.807, 2.05) is 0 Å². The summed E-state index contributed by atoms with van der Waals surface area (Å²) >= 11 is 3.21. The number of carbonyl (C=O) groups is 2. The Labute approximate surface area is 101 Å². The Kier molecular flexibility index (Phi) is 4.05. The topological polar surface area (TPSA) is 73.2 Å². The maximum Gasteiger partial charge on any atom is 0.344 e. The van der Waals surface area contributed by atoms with E-state index in [2.05, 4.69) is 26.3 Å². The molecule has 0 saturated carbocycles. The summed E-state index contributed by atoms with van der Waals surface area (Å²) in [6.45, 7) is 3.32. The zero-order valence-corrected chi connectivity index (χ0v) is 10.8. The molecule has 0 saturated heterocycles. The predicted octanol–water partition coefficient (Wildman–Crippen LogP) is 1.32.